The van der Waals surface area contributed by atoms with Gasteiger partial charge in [-0.15, -0.1) is 0 Å². The number of hydrogen-bond acceptors (Lipinski definition) is 5. The molecule has 0 radical (unpaired) electrons. The molecule has 1 N–H and O–H groups in total. The zero-order valence-corrected chi connectivity index (χ0v) is 7.75. The van der Waals surface area contributed by atoms with Gasteiger partial charge in [-0.1, -0.05) is 0 Å². The summed E-state index contributed by atoms with van der Waals surface area (Å²) in [7, 11) is 0. The zero-order valence-electron chi connectivity index (χ0n) is 7.75. The van der Waals surface area contributed by atoms with Crippen LogP contribution < -0.4 is 4.74 Å². The Morgan fingerprint density at radius 1 is 1.53 bits per heavy atom. The molecule has 0 atom stereocenters. The van der Waals surface area contributed by atoms with Gasteiger partial charge in [-0.3, -0.25) is 14.9 Å². The van der Waals surface area contributed by atoms with E-state index in [-0.39, 0.29) is 30.2 Å². The summed E-state index contributed by atoms with van der Waals surface area (Å²) in [6.45, 7) is -0.145. The topological polar surface area (TPSA) is 89.7 Å². The van der Waals surface area contributed by atoms with Crippen molar-refractivity contribution >= 4 is 12.0 Å². The largest absolute Gasteiger partial charge is 0.490 e. The van der Waals surface area contributed by atoms with Gasteiger partial charge in [-0.2, -0.15) is 0 Å². The lowest BCUT2D eigenvalue weighted by molar-refractivity contribution is -0.384. The van der Waals surface area contributed by atoms with Crippen LogP contribution in [-0.2, 0) is 0 Å². The number of ether oxygens (including phenoxy) is 1. The summed E-state index contributed by atoms with van der Waals surface area (Å²) in [6.07, 6.45) is 0.472. The molecule has 0 aromatic heterocycles. The van der Waals surface area contributed by atoms with Gasteiger partial charge in [-0.05, 0) is 6.07 Å². The van der Waals surface area contributed by atoms with E-state index in [1.807, 2.05) is 0 Å². The molecule has 0 aliphatic carbocycles. The molecule has 6 nitrogen and oxygen atoms in total. The molecule has 15 heavy (non-hydrogen) atoms. The minimum atomic E-state index is -0.594. The molecule has 6 heteroatoms. The second-order valence-electron chi connectivity index (χ2n) is 2.67. The molecule has 0 heterocycles. The van der Waals surface area contributed by atoms with E-state index in [0.717, 1.165) is 6.07 Å². The molecule has 0 unspecified atom stereocenters. The van der Waals surface area contributed by atoms with E-state index in [1.165, 1.54) is 12.1 Å². The Morgan fingerprint density at radius 3 is 2.80 bits per heavy atom. The number of aldehydes is 1. The van der Waals surface area contributed by atoms with E-state index in [1.54, 1.807) is 0 Å². The van der Waals surface area contributed by atoms with Crippen molar-refractivity contribution in [3.05, 3.63) is 33.9 Å². The predicted octanol–water partition coefficient (Wildman–Crippen LogP) is 0.778. The van der Waals surface area contributed by atoms with Crippen molar-refractivity contribution in [3.63, 3.8) is 0 Å². The van der Waals surface area contributed by atoms with Crippen LogP contribution in [0.2, 0.25) is 0 Å². The number of nitrogens with zero attached hydrogens (tertiary/aromatic N) is 1. The highest BCUT2D eigenvalue weighted by molar-refractivity contribution is 5.80. The van der Waals surface area contributed by atoms with Gasteiger partial charge in [-0.25, -0.2) is 0 Å². The third-order valence-electron chi connectivity index (χ3n) is 1.68. The molecule has 0 amide bonds. The van der Waals surface area contributed by atoms with Crippen molar-refractivity contribution in [3.8, 4) is 5.75 Å². The Hall–Kier alpha value is -1.95. The Balaban J connectivity index is 2.98. The average molecular weight is 211 g/mol. The number of carbonyl (C=O) groups is 1. The highest BCUT2D eigenvalue weighted by atomic mass is 16.6. The van der Waals surface area contributed by atoms with Crippen LogP contribution in [0.4, 0.5) is 5.69 Å². The normalized spacial score (nSPS) is 9.67. The van der Waals surface area contributed by atoms with Gasteiger partial charge in [0, 0.05) is 12.1 Å². The van der Waals surface area contributed by atoms with Crippen molar-refractivity contribution in [2.24, 2.45) is 0 Å². The maximum Gasteiger partial charge on any atom is 0.270 e. The molecule has 0 fully saturated rings. The second kappa shape index (κ2) is 5.06. The van der Waals surface area contributed by atoms with E-state index in [4.69, 9.17) is 9.84 Å². The van der Waals surface area contributed by atoms with Crippen LogP contribution in [0.25, 0.3) is 0 Å². The summed E-state index contributed by atoms with van der Waals surface area (Å²) in [5, 5.41) is 18.9. The van der Waals surface area contributed by atoms with Gasteiger partial charge < -0.3 is 9.84 Å². The molecule has 0 saturated heterocycles. The number of nitro benzene ring substituents is 1. The molecule has 1 aromatic carbocycles. The minimum Gasteiger partial charge on any atom is -0.490 e. The maximum atomic E-state index is 10.6. The standard InChI is InChI=1S/C9H9NO5/c11-3-4-15-9-2-1-8(10(13)14)5-7(9)6-12/h1-2,5-6,11H,3-4H2. The summed E-state index contributed by atoms with van der Waals surface area (Å²) < 4.78 is 5.01. The number of non-ortho nitro benzene ring substituents is 1. The van der Waals surface area contributed by atoms with E-state index >= 15 is 0 Å². The second-order valence-corrected chi connectivity index (χ2v) is 2.67. The van der Waals surface area contributed by atoms with Crippen LogP contribution in [0, 0.1) is 10.1 Å². The van der Waals surface area contributed by atoms with Crippen molar-refractivity contribution in [1.29, 1.82) is 0 Å². The fraction of sp³-hybridized carbons (Fsp3) is 0.222. The Morgan fingerprint density at radius 2 is 2.27 bits per heavy atom. The first-order chi connectivity index (χ1) is 7.19. The van der Waals surface area contributed by atoms with Crippen LogP contribution in [0.15, 0.2) is 18.2 Å². The van der Waals surface area contributed by atoms with E-state index < -0.39 is 4.92 Å². The fourth-order valence-electron chi connectivity index (χ4n) is 1.03. The molecule has 1 rings (SSSR count). The van der Waals surface area contributed by atoms with Crippen LogP contribution in [0.3, 0.4) is 0 Å². The molecule has 0 aliphatic rings. The molecule has 0 aliphatic heterocycles. The Bertz CT molecular complexity index is 377. The first kappa shape index (κ1) is 11.1. The molecular formula is C9H9NO5. The number of aliphatic hydroxyl groups is 1. The average Bonchev–Trinajstić information content (AvgIpc) is 2.25. The SMILES string of the molecule is O=Cc1cc([N+](=O)[O-])ccc1OCCO. The predicted molar refractivity (Wildman–Crippen MR) is 51.1 cm³/mol. The lowest BCUT2D eigenvalue weighted by Crippen LogP contribution is -2.04. The van der Waals surface area contributed by atoms with Crippen molar-refractivity contribution in [2.75, 3.05) is 13.2 Å². The number of benzene rings is 1. The molecule has 0 bridgehead atoms. The van der Waals surface area contributed by atoms with Crippen LogP contribution >= 0.6 is 0 Å². The quantitative estimate of drug-likeness (QED) is 0.441. The highest BCUT2D eigenvalue weighted by Gasteiger charge is 2.10. The minimum absolute atomic E-state index is 0.0403. The Labute approximate surface area is 85.2 Å². The molecule has 0 spiro atoms. The lowest BCUT2D eigenvalue weighted by atomic mass is 10.2. The fourth-order valence-corrected chi connectivity index (χ4v) is 1.03. The lowest BCUT2D eigenvalue weighted by Gasteiger charge is -2.05. The summed E-state index contributed by atoms with van der Waals surface area (Å²) in [4.78, 5) is 20.4. The molecule has 0 saturated carbocycles. The number of hydrogen-bond donors (Lipinski definition) is 1. The maximum absolute atomic E-state index is 10.6. The van der Waals surface area contributed by atoms with Crippen LogP contribution in [-0.4, -0.2) is 29.5 Å². The molecule has 80 valence electrons. The first-order valence-electron chi connectivity index (χ1n) is 4.16. The Kier molecular flexibility index (Phi) is 3.75. The smallest absolute Gasteiger partial charge is 0.270 e. The summed E-state index contributed by atoms with van der Waals surface area (Å²) in [5.74, 6) is 0.227. The van der Waals surface area contributed by atoms with Gasteiger partial charge in [0.15, 0.2) is 6.29 Å². The van der Waals surface area contributed by atoms with Crippen molar-refractivity contribution in [1.82, 2.24) is 0 Å². The third-order valence-corrected chi connectivity index (χ3v) is 1.68. The number of nitro groups is 1. The van der Waals surface area contributed by atoms with E-state index in [9.17, 15) is 14.9 Å². The van der Waals surface area contributed by atoms with Crippen molar-refractivity contribution in [2.45, 2.75) is 0 Å². The van der Waals surface area contributed by atoms with Gasteiger partial charge >= 0.3 is 0 Å². The third kappa shape index (κ3) is 2.75. The first-order valence-corrected chi connectivity index (χ1v) is 4.16. The molecular weight excluding hydrogens is 202 g/mol. The van der Waals surface area contributed by atoms with Gasteiger partial charge in [0.05, 0.1) is 17.1 Å². The summed E-state index contributed by atoms with van der Waals surface area (Å²) >= 11 is 0. The van der Waals surface area contributed by atoms with Gasteiger partial charge in [0.2, 0.25) is 0 Å². The van der Waals surface area contributed by atoms with Gasteiger partial charge in [0.1, 0.15) is 12.4 Å². The molecule has 1 aromatic rings. The van der Waals surface area contributed by atoms with Crippen molar-refractivity contribution < 1.29 is 19.6 Å². The summed E-state index contributed by atoms with van der Waals surface area (Å²) in [5.41, 5.74) is -0.0777. The summed E-state index contributed by atoms with van der Waals surface area (Å²) in [6, 6.07) is 3.69. The highest BCUT2D eigenvalue weighted by Crippen LogP contribution is 2.22. The van der Waals surface area contributed by atoms with E-state index in [2.05, 4.69) is 0 Å². The van der Waals surface area contributed by atoms with Gasteiger partial charge in [0.25, 0.3) is 5.69 Å². The monoisotopic (exact) mass is 211 g/mol. The zero-order chi connectivity index (χ0) is 11.3. The van der Waals surface area contributed by atoms with E-state index in [0.29, 0.717) is 6.29 Å². The van der Waals surface area contributed by atoms with Crippen LogP contribution in [0.5, 0.6) is 5.75 Å². The van der Waals surface area contributed by atoms with Crippen LogP contribution in [0.1, 0.15) is 10.4 Å². The number of aliphatic hydroxyl groups excluding tert-OH is 1. The number of carbonyl (C=O) groups excluding carboxylic acids is 1. The number of rotatable bonds is 5.